The summed E-state index contributed by atoms with van der Waals surface area (Å²) >= 11 is 0. The molecule has 3 nitrogen and oxygen atoms in total. The summed E-state index contributed by atoms with van der Waals surface area (Å²) in [5.41, 5.74) is 3.38. The van der Waals surface area contributed by atoms with E-state index in [1.54, 1.807) is 7.11 Å². The largest absolute Gasteiger partial charge is 0.507 e. The summed E-state index contributed by atoms with van der Waals surface area (Å²) < 4.78 is 12.4. The molecule has 0 amide bonds. The van der Waals surface area contributed by atoms with Gasteiger partial charge in [-0.05, 0) is 67.9 Å². The van der Waals surface area contributed by atoms with E-state index in [4.69, 9.17) is 9.05 Å². The van der Waals surface area contributed by atoms with Gasteiger partial charge in [-0.3, -0.25) is 0 Å². The van der Waals surface area contributed by atoms with Crippen molar-refractivity contribution in [1.82, 2.24) is 0 Å². The highest BCUT2D eigenvalue weighted by Gasteiger charge is 2.29. The predicted octanol–water partition coefficient (Wildman–Crippen LogP) is 8.52. The van der Waals surface area contributed by atoms with Gasteiger partial charge >= 0.3 is 0 Å². The number of benzene rings is 2. The average Bonchev–Trinajstić information content (AvgIpc) is 2.80. The van der Waals surface area contributed by atoms with Gasteiger partial charge in [-0.2, -0.15) is 0 Å². The molecule has 2 aromatic carbocycles. The smallest absolute Gasteiger partial charge is 0.264 e. The van der Waals surface area contributed by atoms with E-state index in [2.05, 4.69) is 39.8 Å². The fourth-order valence-corrected chi connectivity index (χ4v) is 5.90. The zero-order chi connectivity index (χ0) is 23.8. The molecule has 2 atom stereocenters. The second kappa shape index (κ2) is 12.0. The lowest BCUT2D eigenvalue weighted by molar-refractivity contribution is 0.395. The SMILES string of the molecule is CCCCCCC(C)(C)c1cc(O)c(C2C=C(C)CCC2)c(OP(OC)c2ccccc2)c1. The lowest BCUT2D eigenvalue weighted by Gasteiger charge is -2.30. The first-order chi connectivity index (χ1) is 15.9. The van der Waals surface area contributed by atoms with Gasteiger partial charge in [-0.25, -0.2) is 0 Å². The molecule has 1 aliphatic rings. The van der Waals surface area contributed by atoms with Crippen molar-refractivity contribution in [2.24, 2.45) is 0 Å². The summed E-state index contributed by atoms with van der Waals surface area (Å²) in [6.45, 7) is 8.98. The van der Waals surface area contributed by atoms with E-state index in [0.717, 1.165) is 47.9 Å². The fraction of sp³-hybridized carbons (Fsp3) is 0.517. The van der Waals surface area contributed by atoms with Crippen LogP contribution in [0.5, 0.6) is 11.5 Å². The number of hydrogen-bond acceptors (Lipinski definition) is 3. The zero-order valence-electron chi connectivity index (χ0n) is 21.1. The summed E-state index contributed by atoms with van der Waals surface area (Å²) in [4.78, 5) is 0. The van der Waals surface area contributed by atoms with Crippen molar-refractivity contribution in [3.63, 3.8) is 0 Å². The van der Waals surface area contributed by atoms with Crippen LogP contribution in [-0.4, -0.2) is 12.2 Å². The van der Waals surface area contributed by atoms with Crippen LogP contribution in [0, 0.1) is 0 Å². The average molecular weight is 469 g/mol. The van der Waals surface area contributed by atoms with Crippen molar-refractivity contribution >= 4 is 13.7 Å². The quantitative estimate of drug-likeness (QED) is 0.204. The Labute approximate surface area is 202 Å². The number of phenols is 1. The lowest BCUT2D eigenvalue weighted by Crippen LogP contribution is -2.18. The second-order valence-corrected chi connectivity index (χ2v) is 11.6. The Morgan fingerprint density at radius 1 is 1.09 bits per heavy atom. The number of hydrogen-bond donors (Lipinski definition) is 1. The van der Waals surface area contributed by atoms with Crippen molar-refractivity contribution in [2.45, 2.75) is 90.4 Å². The molecule has 1 N–H and O–H groups in total. The van der Waals surface area contributed by atoms with Crippen LogP contribution in [0.3, 0.4) is 0 Å². The molecule has 180 valence electrons. The molecule has 0 fully saturated rings. The summed E-state index contributed by atoms with van der Waals surface area (Å²) in [5.74, 6) is 1.28. The molecule has 0 heterocycles. The first kappa shape index (κ1) is 25.8. The molecule has 0 saturated heterocycles. The second-order valence-electron chi connectivity index (χ2n) is 9.98. The Morgan fingerprint density at radius 3 is 2.52 bits per heavy atom. The Bertz CT molecular complexity index is 920. The Morgan fingerprint density at radius 2 is 1.85 bits per heavy atom. The van der Waals surface area contributed by atoms with Crippen molar-refractivity contribution in [3.05, 3.63) is 65.2 Å². The molecule has 0 spiro atoms. The molecule has 2 aromatic rings. The van der Waals surface area contributed by atoms with Crippen LogP contribution >= 0.6 is 8.38 Å². The Balaban J connectivity index is 2.00. The van der Waals surface area contributed by atoms with E-state index in [-0.39, 0.29) is 11.3 Å². The van der Waals surface area contributed by atoms with Crippen LogP contribution in [0.25, 0.3) is 0 Å². The molecule has 0 radical (unpaired) electrons. The third-order valence-corrected chi connectivity index (χ3v) is 8.23. The van der Waals surface area contributed by atoms with E-state index in [1.807, 2.05) is 36.4 Å². The highest BCUT2D eigenvalue weighted by Crippen LogP contribution is 2.48. The highest BCUT2D eigenvalue weighted by molar-refractivity contribution is 7.56. The molecule has 0 bridgehead atoms. The molecule has 0 saturated carbocycles. The number of unbranched alkanes of at least 4 members (excludes halogenated alkanes) is 3. The summed E-state index contributed by atoms with van der Waals surface area (Å²) in [6, 6.07) is 14.3. The Hall–Kier alpha value is -1.83. The first-order valence-electron chi connectivity index (χ1n) is 12.5. The normalized spacial score (nSPS) is 17.5. The van der Waals surface area contributed by atoms with Crippen molar-refractivity contribution in [3.8, 4) is 11.5 Å². The van der Waals surface area contributed by atoms with Crippen LogP contribution in [0.15, 0.2) is 54.1 Å². The Kier molecular flexibility index (Phi) is 9.41. The van der Waals surface area contributed by atoms with Crippen LogP contribution < -0.4 is 9.83 Å². The van der Waals surface area contributed by atoms with Crippen LogP contribution in [0.4, 0.5) is 0 Å². The van der Waals surface area contributed by atoms with Gasteiger partial charge in [0.25, 0.3) is 8.38 Å². The summed E-state index contributed by atoms with van der Waals surface area (Å²) in [7, 11) is 0.412. The van der Waals surface area contributed by atoms with E-state index < -0.39 is 8.38 Å². The van der Waals surface area contributed by atoms with Crippen LogP contribution in [-0.2, 0) is 9.94 Å². The number of phenolic OH excluding ortho intramolecular Hbond substituents is 1. The zero-order valence-corrected chi connectivity index (χ0v) is 22.0. The molecule has 2 unspecified atom stereocenters. The van der Waals surface area contributed by atoms with E-state index >= 15 is 0 Å². The first-order valence-corrected chi connectivity index (χ1v) is 13.7. The molecular formula is C29H41O3P. The minimum absolute atomic E-state index is 0.0389. The van der Waals surface area contributed by atoms with E-state index in [1.165, 1.54) is 31.3 Å². The minimum atomic E-state index is -1.29. The standard InChI is InChI=1S/C29H41O3P/c1-6-7-8-12-18-29(3,4)24-20-26(30)28(23-15-13-14-22(2)19-23)27(21-24)32-33(31-5)25-16-10-9-11-17-25/h9-11,16-17,19-21,23,30H,6-8,12-15,18H2,1-5H3. The molecule has 0 aliphatic heterocycles. The van der Waals surface area contributed by atoms with Gasteiger partial charge in [-0.1, -0.05) is 76.3 Å². The third-order valence-electron chi connectivity index (χ3n) is 6.81. The van der Waals surface area contributed by atoms with Gasteiger partial charge in [0, 0.05) is 23.9 Å². The summed E-state index contributed by atoms with van der Waals surface area (Å²) in [5, 5.41) is 12.3. The van der Waals surface area contributed by atoms with Gasteiger partial charge in [0.05, 0.1) is 0 Å². The van der Waals surface area contributed by atoms with Gasteiger partial charge in [0.2, 0.25) is 0 Å². The molecule has 3 rings (SSSR count). The van der Waals surface area contributed by atoms with Crippen LogP contribution in [0.1, 0.15) is 96.1 Å². The van der Waals surface area contributed by atoms with Crippen molar-refractivity contribution in [1.29, 1.82) is 0 Å². The number of rotatable bonds is 11. The van der Waals surface area contributed by atoms with Gasteiger partial charge in [0.15, 0.2) is 0 Å². The topological polar surface area (TPSA) is 38.7 Å². The van der Waals surface area contributed by atoms with E-state index in [0.29, 0.717) is 5.75 Å². The maximum Gasteiger partial charge on any atom is 0.264 e. The predicted molar refractivity (Wildman–Crippen MR) is 141 cm³/mol. The monoisotopic (exact) mass is 468 g/mol. The van der Waals surface area contributed by atoms with Crippen molar-refractivity contribution in [2.75, 3.05) is 7.11 Å². The minimum Gasteiger partial charge on any atom is -0.507 e. The van der Waals surface area contributed by atoms with Gasteiger partial charge < -0.3 is 14.2 Å². The third kappa shape index (κ3) is 6.84. The lowest BCUT2D eigenvalue weighted by atomic mass is 9.78. The molecule has 1 aliphatic carbocycles. The van der Waals surface area contributed by atoms with Crippen molar-refractivity contribution < 1.29 is 14.2 Å². The molecule has 0 aromatic heterocycles. The fourth-order valence-electron chi connectivity index (χ4n) is 4.76. The molecule has 4 heteroatoms. The number of allylic oxidation sites excluding steroid dienone is 2. The molecular weight excluding hydrogens is 427 g/mol. The van der Waals surface area contributed by atoms with Gasteiger partial charge in [0.1, 0.15) is 11.5 Å². The highest BCUT2D eigenvalue weighted by atomic mass is 31.2. The van der Waals surface area contributed by atoms with Gasteiger partial charge in [-0.15, -0.1) is 0 Å². The maximum atomic E-state index is 11.3. The molecule has 33 heavy (non-hydrogen) atoms. The maximum absolute atomic E-state index is 11.3. The van der Waals surface area contributed by atoms with E-state index in [9.17, 15) is 5.11 Å². The number of aromatic hydroxyl groups is 1. The summed E-state index contributed by atoms with van der Waals surface area (Å²) in [6.07, 6.45) is 11.6. The van der Waals surface area contributed by atoms with Crippen LogP contribution in [0.2, 0.25) is 0 Å².